The molecular formula is C20H20N4O3. The molecule has 2 aromatic heterocycles. The second kappa shape index (κ2) is 8.27. The van der Waals surface area contributed by atoms with E-state index in [0.29, 0.717) is 11.4 Å². The van der Waals surface area contributed by atoms with Crippen molar-refractivity contribution in [3.8, 4) is 5.82 Å². The van der Waals surface area contributed by atoms with Gasteiger partial charge in [-0.15, -0.1) is 0 Å². The Bertz CT molecular complexity index is 903. The van der Waals surface area contributed by atoms with Gasteiger partial charge in [-0.25, -0.2) is 9.97 Å². The molecule has 1 amide bonds. The first-order chi connectivity index (χ1) is 13.1. The number of ether oxygens (including phenoxy) is 1. The number of aromatic nitrogens is 3. The molecule has 0 radical (unpaired) electrons. The topological polar surface area (TPSA) is 86.1 Å². The summed E-state index contributed by atoms with van der Waals surface area (Å²) in [6, 6.07) is 10.6. The second-order valence-corrected chi connectivity index (χ2v) is 6.09. The van der Waals surface area contributed by atoms with E-state index in [0.717, 1.165) is 11.1 Å². The zero-order valence-electron chi connectivity index (χ0n) is 15.1. The fourth-order valence-corrected chi connectivity index (χ4v) is 2.61. The van der Waals surface area contributed by atoms with Crippen LogP contribution in [0.5, 0.6) is 0 Å². The Balaban J connectivity index is 1.77. The lowest BCUT2D eigenvalue weighted by atomic mass is 10.0. The molecule has 3 rings (SSSR count). The van der Waals surface area contributed by atoms with Crippen LogP contribution in [0.3, 0.4) is 0 Å². The van der Waals surface area contributed by atoms with Crippen molar-refractivity contribution < 1.29 is 14.3 Å². The molecule has 7 nitrogen and oxygen atoms in total. The highest BCUT2D eigenvalue weighted by atomic mass is 16.5. The summed E-state index contributed by atoms with van der Waals surface area (Å²) in [5, 5.41) is 2.89. The van der Waals surface area contributed by atoms with Crippen LogP contribution in [0.2, 0.25) is 0 Å². The van der Waals surface area contributed by atoms with Crippen LogP contribution in [-0.2, 0) is 9.53 Å². The number of imidazole rings is 1. The third kappa shape index (κ3) is 4.58. The van der Waals surface area contributed by atoms with E-state index in [1.807, 2.05) is 31.2 Å². The number of hydrogen-bond donors (Lipinski definition) is 1. The molecule has 1 N–H and O–H groups in total. The number of rotatable bonds is 6. The normalized spacial score (nSPS) is 11.6. The van der Waals surface area contributed by atoms with Crippen LogP contribution in [0.4, 0.5) is 0 Å². The van der Waals surface area contributed by atoms with E-state index in [1.165, 1.54) is 13.3 Å². The number of pyridine rings is 1. The smallest absolute Gasteiger partial charge is 0.307 e. The maximum absolute atomic E-state index is 12.6. The minimum absolute atomic E-state index is 0.0475. The van der Waals surface area contributed by atoms with Gasteiger partial charge >= 0.3 is 5.97 Å². The predicted molar refractivity (Wildman–Crippen MR) is 99.4 cm³/mol. The van der Waals surface area contributed by atoms with Gasteiger partial charge in [-0.2, -0.15) is 0 Å². The Labute approximate surface area is 157 Å². The highest BCUT2D eigenvalue weighted by molar-refractivity contribution is 5.94. The molecule has 0 saturated carbocycles. The van der Waals surface area contributed by atoms with Gasteiger partial charge in [-0.1, -0.05) is 29.8 Å². The zero-order valence-corrected chi connectivity index (χ0v) is 15.1. The number of methoxy groups -OCH3 is 1. The average Bonchev–Trinajstić information content (AvgIpc) is 3.23. The summed E-state index contributed by atoms with van der Waals surface area (Å²) in [6.07, 6.45) is 6.60. The summed E-state index contributed by atoms with van der Waals surface area (Å²) >= 11 is 0. The third-order valence-corrected chi connectivity index (χ3v) is 4.16. The lowest BCUT2D eigenvalue weighted by Gasteiger charge is -2.18. The molecule has 0 bridgehead atoms. The molecule has 0 fully saturated rings. The van der Waals surface area contributed by atoms with Gasteiger partial charge in [0.1, 0.15) is 12.1 Å². The summed E-state index contributed by atoms with van der Waals surface area (Å²) in [6.45, 7) is 1.98. The number of nitrogens with one attached hydrogen (secondary N) is 1. The van der Waals surface area contributed by atoms with E-state index in [4.69, 9.17) is 4.74 Å². The van der Waals surface area contributed by atoms with E-state index in [2.05, 4.69) is 15.3 Å². The predicted octanol–water partition coefficient (Wildman–Crippen LogP) is 2.61. The molecule has 1 atom stereocenters. The molecule has 3 aromatic rings. The van der Waals surface area contributed by atoms with E-state index in [9.17, 15) is 9.59 Å². The monoisotopic (exact) mass is 364 g/mol. The summed E-state index contributed by atoms with van der Waals surface area (Å²) in [4.78, 5) is 32.7. The molecule has 0 spiro atoms. The molecule has 27 heavy (non-hydrogen) atoms. The Morgan fingerprint density at radius 3 is 2.56 bits per heavy atom. The number of carbonyl (C=O) groups excluding carboxylic acids is 2. The Morgan fingerprint density at radius 2 is 1.96 bits per heavy atom. The number of amides is 1. The zero-order chi connectivity index (χ0) is 19.2. The molecule has 138 valence electrons. The second-order valence-electron chi connectivity index (χ2n) is 6.09. The minimum atomic E-state index is -0.487. The summed E-state index contributed by atoms with van der Waals surface area (Å²) in [7, 11) is 1.33. The van der Waals surface area contributed by atoms with Gasteiger partial charge < -0.3 is 10.1 Å². The molecular weight excluding hydrogens is 344 g/mol. The Hall–Kier alpha value is -3.48. The first-order valence-electron chi connectivity index (χ1n) is 8.45. The molecule has 2 heterocycles. The fraction of sp³-hybridized carbons (Fsp3) is 0.200. The van der Waals surface area contributed by atoms with Gasteiger partial charge in [-0.05, 0) is 24.6 Å². The van der Waals surface area contributed by atoms with Crippen LogP contribution >= 0.6 is 0 Å². The van der Waals surface area contributed by atoms with Gasteiger partial charge in [0.25, 0.3) is 5.91 Å². The number of nitrogens with zero attached hydrogens (tertiary/aromatic N) is 3. The van der Waals surface area contributed by atoms with Gasteiger partial charge in [0, 0.05) is 18.6 Å². The SMILES string of the molecule is COC(=O)C[C@@H](NC(=O)c1ccc(-n2ccnc2)nc1)c1ccc(C)cc1. The maximum atomic E-state index is 12.6. The molecule has 7 heteroatoms. The van der Waals surface area contributed by atoms with Crippen LogP contribution in [0.25, 0.3) is 5.82 Å². The standard InChI is InChI=1S/C20H20N4O3/c1-14-3-5-15(6-4-14)17(11-19(25)27-2)23-20(26)16-7-8-18(22-12-16)24-10-9-21-13-24/h3-10,12-13,17H,11H2,1-2H3,(H,23,26)/t17-/m1/s1. The van der Waals surface area contributed by atoms with E-state index < -0.39 is 12.0 Å². The van der Waals surface area contributed by atoms with Crippen molar-refractivity contribution in [1.82, 2.24) is 19.9 Å². The van der Waals surface area contributed by atoms with Crippen molar-refractivity contribution >= 4 is 11.9 Å². The van der Waals surface area contributed by atoms with E-state index >= 15 is 0 Å². The molecule has 0 unspecified atom stereocenters. The first kappa shape index (κ1) is 18.3. The van der Waals surface area contributed by atoms with Crippen molar-refractivity contribution in [3.63, 3.8) is 0 Å². The number of carbonyl (C=O) groups is 2. The number of aryl methyl sites for hydroxylation is 1. The molecule has 1 aromatic carbocycles. The Kier molecular flexibility index (Phi) is 5.61. The largest absolute Gasteiger partial charge is 0.469 e. The lowest BCUT2D eigenvalue weighted by molar-refractivity contribution is -0.141. The van der Waals surface area contributed by atoms with E-state index in [-0.39, 0.29) is 12.3 Å². The maximum Gasteiger partial charge on any atom is 0.307 e. The molecule has 0 aliphatic rings. The van der Waals surface area contributed by atoms with Crippen molar-refractivity contribution in [2.75, 3.05) is 7.11 Å². The van der Waals surface area contributed by atoms with Gasteiger partial charge in [0.05, 0.1) is 25.1 Å². The van der Waals surface area contributed by atoms with Crippen molar-refractivity contribution in [3.05, 3.63) is 78.0 Å². The third-order valence-electron chi connectivity index (χ3n) is 4.16. The molecule has 0 saturated heterocycles. The highest BCUT2D eigenvalue weighted by Crippen LogP contribution is 2.19. The van der Waals surface area contributed by atoms with Crippen molar-refractivity contribution in [2.24, 2.45) is 0 Å². The number of hydrogen-bond acceptors (Lipinski definition) is 5. The number of esters is 1. The molecule has 0 aliphatic heterocycles. The van der Waals surface area contributed by atoms with Gasteiger partial charge in [-0.3, -0.25) is 14.2 Å². The first-order valence-corrected chi connectivity index (χ1v) is 8.45. The van der Waals surface area contributed by atoms with Crippen LogP contribution in [0.15, 0.2) is 61.3 Å². The highest BCUT2D eigenvalue weighted by Gasteiger charge is 2.20. The van der Waals surface area contributed by atoms with Crippen molar-refractivity contribution in [1.29, 1.82) is 0 Å². The van der Waals surface area contributed by atoms with Crippen LogP contribution in [0.1, 0.15) is 33.9 Å². The summed E-state index contributed by atoms with van der Waals surface area (Å²) in [5.41, 5.74) is 2.34. The average molecular weight is 364 g/mol. The van der Waals surface area contributed by atoms with Crippen LogP contribution < -0.4 is 5.32 Å². The van der Waals surface area contributed by atoms with Crippen molar-refractivity contribution in [2.45, 2.75) is 19.4 Å². The Morgan fingerprint density at radius 1 is 1.19 bits per heavy atom. The fourth-order valence-electron chi connectivity index (χ4n) is 2.61. The van der Waals surface area contributed by atoms with E-state index in [1.54, 1.807) is 35.4 Å². The van der Waals surface area contributed by atoms with Crippen LogP contribution in [0, 0.1) is 6.92 Å². The molecule has 0 aliphatic carbocycles. The summed E-state index contributed by atoms with van der Waals surface area (Å²) < 4.78 is 6.50. The summed E-state index contributed by atoms with van der Waals surface area (Å²) in [5.74, 6) is -0.0442. The van der Waals surface area contributed by atoms with Crippen LogP contribution in [-0.4, -0.2) is 33.5 Å². The van der Waals surface area contributed by atoms with Gasteiger partial charge in [0.2, 0.25) is 0 Å². The quantitative estimate of drug-likeness (QED) is 0.680. The number of benzene rings is 1. The minimum Gasteiger partial charge on any atom is -0.469 e. The van der Waals surface area contributed by atoms with Gasteiger partial charge in [0.15, 0.2) is 0 Å². The lowest BCUT2D eigenvalue weighted by Crippen LogP contribution is -2.30.